The predicted molar refractivity (Wildman–Crippen MR) is 124 cm³/mol. The van der Waals surface area contributed by atoms with E-state index in [1.807, 2.05) is 43.0 Å². The second kappa shape index (κ2) is 8.94. The quantitative estimate of drug-likeness (QED) is 0.666. The molecular weight excluding hydrogens is 418 g/mol. The molecule has 0 aliphatic carbocycles. The molecule has 1 unspecified atom stereocenters. The highest BCUT2D eigenvalue weighted by molar-refractivity contribution is 6.01. The van der Waals surface area contributed by atoms with Gasteiger partial charge in [-0.1, -0.05) is 18.2 Å². The summed E-state index contributed by atoms with van der Waals surface area (Å²) in [6, 6.07) is 7.99. The molecule has 1 atom stereocenters. The zero-order valence-corrected chi connectivity index (χ0v) is 19.1. The van der Waals surface area contributed by atoms with Gasteiger partial charge in [0.15, 0.2) is 0 Å². The van der Waals surface area contributed by atoms with Crippen LogP contribution >= 0.6 is 0 Å². The molecule has 2 aromatic heterocycles. The number of fused-ring (bicyclic) bond motifs is 1. The Labute approximate surface area is 193 Å². The van der Waals surface area contributed by atoms with Crippen LogP contribution in [-0.2, 0) is 4.74 Å². The summed E-state index contributed by atoms with van der Waals surface area (Å²) < 4.78 is 5.34. The largest absolute Gasteiger partial charge is 0.378 e. The molecule has 1 aromatic carbocycles. The van der Waals surface area contributed by atoms with Crippen LogP contribution in [0.4, 0.5) is 0 Å². The minimum Gasteiger partial charge on any atom is -0.378 e. The van der Waals surface area contributed by atoms with E-state index in [1.165, 1.54) is 0 Å². The van der Waals surface area contributed by atoms with Crippen molar-refractivity contribution in [2.24, 2.45) is 0 Å². The SMILES string of the molecule is Cc1nc(C2CCCN(C(=O)c3[nH]c4ccccc4c3C)C2)ncc1C(=O)N1CCOCC1. The van der Waals surface area contributed by atoms with Gasteiger partial charge in [-0.05, 0) is 38.3 Å². The van der Waals surface area contributed by atoms with Gasteiger partial charge in [-0.2, -0.15) is 0 Å². The molecule has 2 fully saturated rings. The van der Waals surface area contributed by atoms with Crippen LogP contribution in [0.2, 0.25) is 0 Å². The van der Waals surface area contributed by atoms with Gasteiger partial charge in [-0.3, -0.25) is 9.59 Å². The fourth-order valence-electron chi connectivity index (χ4n) is 4.86. The first kappa shape index (κ1) is 21.6. The molecule has 0 bridgehead atoms. The average Bonchev–Trinajstić information content (AvgIpc) is 3.20. The number of morpholine rings is 1. The Hall–Kier alpha value is -3.26. The Bertz CT molecular complexity index is 1200. The summed E-state index contributed by atoms with van der Waals surface area (Å²) in [5.74, 6) is 0.733. The van der Waals surface area contributed by atoms with Crippen LogP contribution in [0.15, 0.2) is 30.5 Å². The number of nitrogens with one attached hydrogen (secondary N) is 1. The fraction of sp³-hybridized carbons (Fsp3) is 0.440. The number of hydrogen-bond acceptors (Lipinski definition) is 5. The lowest BCUT2D eigenvalue weighted by Gasteiger charge is -2.32. The van der Waals surface area contributed by atoms with E-state index in [2.05, 4.69) is 9.97 Å². The molecule has 4 heterocycles. The van der Waals surface area contributed by atoms with Gasteiger partial charge in [0.1, 0.15) is 11.5 Å². The maximum atomic E-state index is 13.3. The molecule has 2 aliphatic rings. The molecular formula is C25H29N5O3. The third kappa shape index (κ3) is 4.11. The molecule has 1 N–H and O–H groups in total. The molecule has 2 aliphatic heterocycles. The first-order chi connectivity index (χ1) is 16.0. The number of benzene rings is 1. The Morgan fingerprint density at radius 3 is 2.61 bits per heavy atom. The monoisotopic (exact) mass is 447 g/mol. The van der Waals surface area contributed by atoms with Crippen LogP contribution < -0.4 is 0 Å². The molecule has 0 saturated carbocycles. The lowest BCUT2D eigenvalue weighted by Crippen LogP contribution is -2.41. The van der Waals surface area contributed by atoms with Crippen molar-refractivity contribution in [3.63, 3.8) is 0 Å². The number of amides is 2. The van der Waals surface area contributed by atoms with Gasteiger partial charge in [0, 0.05) is 49.2 Å². The van der Waals surface area contributed by atoms with E-state index >= 15 is 0 Å². The summed E-state index contributed by atoms with van der Waals surface area (Å²) in [4.78, 5) is 42.4. The zero-order valence-electron chi connectivity index (χ0n) is 19.1. The van der Waals surface area contributed by atoms with Gasteiger partial charge in [-0.15, -0.1) is 0 Å². The van der Waals surface area contributed by atoms with E-state index in [9.17, 15) is 9.59 Å². The Morgan fingerprint density at radius 2 is 1.85 bits per heavy atom. The number of aromatic nitrogens is 3. The summed E-state index contributed by atoms with van der Waals surface area (Å²) in [5.41, 5.74) is 3.84. The van der Waals surface area contributed by atoms with Gasteiger partial charge in [0.25, 0.3) is 11.8 Å². The highest BCUT2D eigenvalue weighted by Crippen LogP contribution is 2.28. The second-order valence-corrected chi connectivity index (χ2v) is 8.89. The van der Waals surface area contributed by atoms with Gasteiger partial charge in [0.05, 0.1) is 24.5 Å². The van der Waals surface area contributed by atoms with Crippen molar-refractivity contribution < 1.29 is 14.3 Å². The molecule has 3 aromatic rings. The number of hydrogen-bond donors (Lipinski definition) is 1. The number of aromatic amines is 1. The number of ether oxygens (including phenoxy) is 1. The topological polar surface area (TPSA) is 91.4 Å². The second-order valence-electron chi connectivity index (χ2n) is 8.89. The van der Waals surface area contributed by atoms with Crippen LogP contribution in [0, 0.1) is 13.8 Å². The van der Waals surface area contributed by atoms with E-state index in [0.717, 1.165) is 35.9 Å². The number of carbonyl (C=O) groups excluding carboxylic acids is 2. The van der Waals surface area contributed by atoms with Crippen molar-refractivity contribution in [1.82, 2.24) is 24.8 Å². The van der Waals surface area contributed by atoms with E-state index in [1.54, 1.807) is 11.1 Å². The Balaban J connectivity index is 1.33. The number of likely N-dealkylation sites (tertiary alicyclic amines) is 1. The molecule has 0 spiro atoms. The van der Waals surface area contributed by atoms with Crippen LogP contribution in [0.1, 0.15) is 56.7 Å². The van der Waals surface area contributed by atoms with Crippen LogP contribution in [0.3, 0.4) is 0 Å². The highest BCUT2D eigenvalue weighted by Gasteiger charge is 2.30. The lowest BCUT2D eigenvalue weighted by molar-refractivity contribution is 0.0301. The van der Waals surface area contributed by atoms with Gasteiger partial charge in [-0.25, -0.2) is 9.97 Å². The third-order valence-corrected chi connectivity index (χ3v) is 6.78. The summed E-state index contributed by atoms with van der Waals surface area (Å²) in [7, 11) is 0. The summed E-state index contributed by atoms with van der Waals surface area (Å²) in [6.07, 6.45) is 3.47. The lowest BCUT2D eigenvalue weighted by atomic mass is 9.96. The molecule has 2 saturated heterocycles. The predicted octanol–water partition coefficient (Wildman–Crippen LogP) is 3.07. The van der Waals surface area contributed by atoms with Crippen molar-refractivity contribution in [2.75, 3.05) is 39.4 Å². The first-order valence-corrected chi connectivity index (χ1v) is 11.6. The zero-order chi connectivity index (χ0) is 22.9. The average molecular weight is 448 g/mol. The van der Waals surface area contributed by atoms with Crippen LogP contribution in [-0.4, -0.2) is 76.0 Å². The van der Waals surface area contributed by atoms with Crippen molar-refractivity contribution in [2.45, 2.75) is 32.6 Å². The van der Waals surface area contributed by atoms with Gasteiger partial charge >= 0.3 is 0 Å². The highest BCUT2D eigenvalue weighted by atomic mass is 16.5. The van der Waals surface area contributed by atoms with E-state index < -0.39 is 0 Å². The van der Waals surface area contributed by atoms with E-state index in [0.29, 0.717) is 55.6 Å². The number of aryl methyl sites for hydroxylation is 2. The molecule has 2 amide bonds. The fourth-order valence-corrected chi connectivity index (χ4v) is 4.86. The van der Waals surface area contributed by atoms with E-state index in [-0.39, 0.29) is 17.7 Å². The normalized spacial score (nSPS) is 19.2. The number of carbonyl (C=O) groups is 2. The van der Waals surface area contributed by atoms with Crippen molar-refractivity contribution >= 4 is 22.7 Å². The summed E-state index contributed by atoms with van der Waals surface area (Å²) in [5, 5.41) is 1.08. The van der Waals surface area contributed by atoms with Crippen molar-refractivity contribution in [1.29, 1.82) is 0 Å². The number of piperidine rings is 1. The van der Waals surface area contributed by atoms with Crippen molar-refractivity contribution in [3.05, 3.63) is 58.8 Å². The van der Waals surface area contributed by atoms with Gasteiger partial charge in [0.2, 0.25) is 0 Å². The third-order valence-electron chi connectivity index (χ3n) is 6.78. The van der Waals surface area contributed by atoms with Crippen LogP contribution in [0.5, 0.6) is 0 Å². The smallest absolute Gasteiger partial charge is 0.270 e. The minimum absolute atomic E-state index is 0.0178. The van der Waals surface area contributed by atoms with E-state index in [4.69, 9.17) is 9.72 Å². The molecule has 33 heavy (non-hydrogen) atoms. The first-order valence-electron chi connectivity index (χ1n) is 11.6. The molecule has 8 heteroatoms. The summed E-state index contributed by atoms with van der Waals surface area (Å²) >= 11 is 0. The standard InChI is InChI=1S/C25H29N5O3/c1-16-19-7-3-4-8-21(19)28-22(16)25(32)30-9-5-6-18(15-30)23-26-14-20(17(2)27-23)24(31)29-10-12-33-13-11-29/h3-4,7-8,14,18,28H,5-6,9-13,15H2,1-2H3. The summed E-state index contributed by atoms with van der Waals surface area (Å²) in [6.45, 7) is 7.44. The molecule has 5 rings (SSSR count). The molecule has 0 radical (unpaired) electrons. The number of para-hydroxylation sites is 1. The number of nitrogens with zero attached hydrogens (tertiary/aromatic N) is 4. The van der Waals surface area contributed by atoms with Crippen LogP contribution in [0.25, 0.3) is 10.9 Å². The maximum absolute atomic E-state index is 13.3. The minimum atomic E-state index is -0.0444. The van der Waals surface area contributed by atoms with Gasteiger partial charge < -0.3 is 19.5 Å². The Kier molecular flexibility index (Phi) is 5.85. The number of rotatable bonds is 3. The van der Waals surface area contributed by atoms with Crippen molar-refractivity contribution in [3.8, 4) is 0 Å². The Morgan fingerprint density at radius 1 is 1.06 bits per heavy atom. The maximum Gasteiger partial charge on any atom is 0.270 e. The number of H-pyrrole nitrogens is 1. The molecule has 8 nitrogen and oxygen atoms in total. The molecule has 172 valence electrons.